The maximum absolute atomic E-state index is 13.0. The van der Waals surface area contributed by atoms with E-state index in [0.717, 1.165) is 0 Å². The van der Waals surface area contributed by atoms with E-state index in [1.54, 1.807) is 12.1 Å². The van der Waals surface area contributed by atoms with Crippen LogP contribution in [-0.2, 0) is 0 Å². The van der Waals surface area contributed by atoms with Gasteiger partial charge in [0, 0.05) is 17.5 Å². The Morgan fingerprint density at radius 1 is 1.53 bits per heavy atom. The summed E-state index contributed by atoms with van der Waals surface area (Å²) in [6, 6.07) is 4.55. The molecule has 0 bridgehead atoms. The normalized spacial score (nSPS) is 9.47. The maximum atomic E-state index is 13.0. The maximum Gasteiger partial charge on any atom is 0.141 e. The Labute approximate surface area is 94.8 Å². The number of hydrogen-bond acceptors (Lipinski definition) is 2. The van der Waals surface area contributed by atoms with E-state index in [1.807, 2.05) is 0 Å². The van der Waals surface area contributed by atoms with E-state index in [9.17, 15) is 4.39 Å². The van der Waals surface area contributed by atoms with Gasteiger partial charge in [0.1, 0.15) is 11.6 Å². The standard InChI is InChI=1S/C9H9BrFN3O/c10-8-3-2-7(6-9(8)11)15-5-1-4-13-14-12/h2-3,6H,1,4-5H2. The summed E-state index contributed by atoms with van der Waals surface area (Å²) >= 11 is 3.05. The van der Waals surface area contributed by atoms with Crippen molar-refractivity contribution in [1.29, 1.82) is 0 Å². The van der Waals surface area contributed by atoms with E-state index in [0.29, 0.717) is 29.8 Å². The van der Waals surface area contributed by atoms with E-state index >= 15 is 0 Å². The van der Waals surface area contributed by atoms with Crippen LogP contribution in [0, 0.1) is 5.82 Å². The van der Waals surface area contributed by atoms with Crippen molar-refractivity contribution >= 4 is 15.9 Å². The molecule has 0 spiro atoms. The zero-order chi connectivity index (χ0) is 11.1. The third kappa shape index (κ3) is 4.18. The lowest BCUT2D eigenvalue weighted by Crippen LogP contribution is -1.99. The van der Waals surface area contributed by atoms with Crippen LogP contribution in [0.15, 0.2) is 27.8 Å². The molecule has 15 heavy (non-hydrogen) atoms. The molecule has 0 fully saturated rings. The highest BCUT2D eigenvalue weighted by molar-refractivity contribution is 9.10. The second-order valence-electron chi connectivity index (χ2n) is 2.73. The van der Waals surface area contributed by atoms with Gasteiger partial charge in [0.2, 0.25) is 0 Å². The van der Waals surface area contributed by atoms with Crippen molar-refractivity contribution < 1.29 is 9.13 Å². The van der Waals surface area contributed by atoms with Gasteiger partial charge in [0.15, 0.2) is 0 Å². The lowest BCUT2D eigenvalue weighted by molar-refractivity contribution is 0.311. The van der Waals surface area contributed by atoms with Crippen LogP contribution in [0.3, 0.4) is 0 Å². The molecule has 0 aromatic heterocycles. The molecular weight excluding hydrogens is 265 g/mol. The largest absolute Gasteiger partial charge is 0.493 e. The average molecular weight is 274 g/mol. The zero-order valence-corrected chi connectivity index (χ0v) is 9.45. The second kappa shape index (κ2) is 6.27. The van der Waals surface area contributed by atoms with Gasteiger partial charge in [-0.2, -0.15) is 0 Å². The minimum absolute atomic E-state index is 0.359. The van der Waals surface area contributed by atoms with E-state index in [-0.39, 0.29) is 5.82 Å². The van der Waals surface area contributed by atoms with Crippen LogP contribution < -0.4 is 4.74 Å². The molecule has 0 unspecified atom stereocenters. The highest BCUT2D eigenvalue weighted by Gasteiger charge is 2.00. The van der Waals surface area contributed by atoms with Crippen molar-refractivity contribution in [2.24, 2.45) is 5.11 Å². The number of azide groups is 1. The van der Waals surface area contributed by atoms with Gasteiger partial charge < -0.3 is 4.74 Å². The van der Waals surface area contributed by atoms with Crippen molar-refractivity contribution in [2.75, 3.05) is 13.2 Å². The van der Waals surface area contributed by atoms with E-state index in [4.69, 9.17) is 10.3 Å². The molecule has 0 N–H and O–H groups in total. The SMILES string of the molecule is [N-]=[N+]=NCCCOc1ccc(Br)c(F)c1. The molecule has 6 heteroatoms. The molecule has 0 heterocycles. The Bertz CT molecular complexity index is 380. The molecule has 0 radical (unpaired) electrons. The van der Waals surface area contributed by atoms with Gasteiger partial charge in [0.25, 0.3) is 0 Å². The smallest absolute Gasteiger partial charge is 0.141 e. The lowest BCUT2D eigenvalue weighted by Gasteiger charge is -2.05. The molecule has 80 valence electrons. The summed E-state index contributed by atoms with van der Waals surface area (Å²) in [5, 5.41) is 3.35. The minimum Gasteiger partial charge on any atom is -0.493 e. The fourth-order valence-electron chi connectivity index (χ4n) is 0.937. The van der Waals surface area contributed by atoms with Crippen molar-refractivity contribution in [3.8, 4) is 5.75 Å². The van der Waals surface area contributed by atoms with Crippen molar-refractivity contribution in [2.45, 2.75) is 6.42 Å². The van der Waals surface area contributed by atoms with Crippen LogP contribution >= 0.6 is 15.9 Å². The predicted octanol–water partition coefficient (Wildman–Crippen LogP) is 3.67. The first-order valence-electron chi connectivity index (χ1n) is 4.33. The first-order valence-corrected chi connectivity index (χ1v) is 5.12. The van der Waals surface area contributed by atoms with Gasteiger partial charge >= 0.3 is 0 Å². The number of ether oxygens (including phenoxy) is 1. The fraction of sp³-hybridized carbons (Fsp3) is 0.333. The summed E-state index contributed by atoms with van der Waals surface area (Å²) in [6.07, 6.45) is 0.613. The third-order valence-electron chi connectivity index (χ3n) is 1.63. The highest BCUT2D eigenvalue weighted by Crippen LogP contribution is 2.20. The molecule has 0 aliphatic carbocycles. The van der Waals surface area contributed by atoms with Crippen molar-refractivity contribution in [3.05, 3.63) is 38.9 Å². The Hall–Kier alpha value is -1.26. The van der Waals surface area contributed by atoms with Gasteiger partial charge in [0.05, 0.1) is 11.1 Å². The molecule has 1 aromatic carbocycles. The topological polar surface area (TPSA) is 58.0 Å². The number of nitrogens with zero attached hydrogens (tertiary/aromatic N) is 3. The van der Waals surface area contributed by atoms with Crippen LogP contribution in [0.5, 0.6) is 5.75 Å². The van der Waals surface area contributed by atoms with Crippen LogP contribution in [-0.4, -0.2) is 13.2 Å². The fourth-order valence-corrected chi connectivity index (χ4v) is 1.18. The zero-order valence-electron chi connectivity index (χ0n) is 7.86. The number of hydrogen-bond donors (Lipinski definition) is 0. The van der Waals surface area contributed by atoms with Crippen LogP contribution in [0.4, 0.5) is 4.39 Å². The summed E-state index contributed by atoms with van der Waals surface area (Å²) in [5.41, 5.74) is 8.01. The van der Waals surface area contributed by atoms with Gasteiger partial charge in [-0.05, 0) is 40.0 Å². The predicted molar refractivity (Wildman–Crippen MR) is 58.2 cm³/mol. The average Bonchev–Trinajstić information content (AvgIpc) is 2.23. The Balaban J connectivity index is 2.37. The van der Waals surface area contributed by atoms with E-state index in [1.165, 1.54) is 6.07 Å². The monoisotopic (exact) mass is 273 g/mol. The molecular formula is C9H9BrFN3O. The molecule has 0 amide bonds. The molecule has 4 nitrogen and oxygen atoms in total. The van der Waals surface area contributed by atoms with E-state index < -0.39 is 0 Å². The first-order chi connectivity index (χ1) is 7.24. The molecule has 0 saturated heterocycles. The van der Waals surface area contributed by atoms with Crippen molar-refractivity contribution in [3.63, 3.8) is 0 Å². The van der Waals surface area contributed by atoms with Gasteiger partial charge in [-0.15, -0.1) is 0 Å². The molecule has 1 rings (SSSR count). The van der Waals surface area contributed by atoms with E-state index in [2.05, 4.69) is 26.0 Å². The highest BCUT2D eigenvalue weighted by atomic mass is 79.9. The Morgan fingerprint density at radius 2 is 2.33 bits per heavy atom. The van der Waals surface area contributed by atoms with Gasteiger partial charge in [-0.1, -0.05) is 5.11 Å². The van der Waals surface area contributed by atoms with Crippen LogP contribution in [0.25, 0.3) is 10.4 Å². The number of rotatable bonds is 5. The Morgan fingerprint density at radius 3 is 3.00 bits per heavy atom. The molecule has 0 saturated carbocycles. The quantitative estimate of drug-likeness (QED) is 0.350. The van der Waals surface area contributed by atoms with Crippen LogP contribution in [0.2, 0.25) is 0 Å². The molecule has 0 aliphatic heterocycles. The second-order valence-corrected chi connectivity index (χ2v) is 3.59. The molecule has 0 atom stereocenters. The van der Waals surface area contributed by atoms with Gasteiger partial charge in [-0.3, -0.25) is 0 Å². The lowest BCUT2D eigenvalue weighted by atomic mass is 10.3. The molecule has 1 aromatic rings. The summed E-state index contributed by atoms with van der Waals surface area (Å²) in [5.74, 6) is 0.110. The third-order valence-corrected chi connectivity index (χ3v) is 2.27. The number of halogens is 2. The Kier molecular flexibility index (Phi) is 4.93. The minimum atomic E-state index is -0.359. The molecule has 0 aliphatic rings. The summed E-state index contributed by atoms with van der Waals surface area (Å²) in [4.78, 5) is 2.61. The summed E-state index contributed by atoms with van der Waals surface area (Å²) in [7, 11) is 0. The van der Waals surface area contributed by atoms with Crippen LogP contribution in [0.1, 0.15) is 6.42 Å². The first kappa shape index (κ1) is 11.8. The van der Waals surface area contributed by atoms with Gasteiger partial charge in [-0.25, -0.2) is 4.39 Å². The van der Waals surface area contributed by atoms with Crippen molar-refractivity contribution in [1.82, 2.24) is 0 Å². The number of benzene rings is 1. The summed E-state index contributed by atoms with van der Waals surface area (Å²) < 4.78 is 18.7. The summed E-state index contributed by atoms with van der Waals surface area (Å²) in [6.45, 7) is 0.787.